The van der Waals surface area contributed by atoms with Crippen LogP contribution in [0.5, 0.6) is 11.5 Å². The SMILES string of the molecule is Nc1nonc1-n1nnc(C(=O)NN=Cc2ccc(OCc3ccccc3)cc2)c1COc1ccccc1. The van der Waals surface area contributed by atoms with Crippen molar-refractivity contribution in [1.29, 1.82) is 0 Å². The lowest BCUT2D eigenvalue weighted by molar-refractivity contribution is 0.0947. The number of carbonyl (C=O) groups is 1. The summed E-state index contributed by atoms with van der Waals surface area (Å²) in [7, 11) is 0. The highest BCUT2D eigenvalue weighted by molar-refractivity contribution is 5.94. The second kappa shape index (κ2) is 11.5. The molecule has 0 aliphatic carbocycles. The monoisotopic (exact) mass is 510 g/mol. The van der Waals surface area contributed by atoms with Gasteiger partial charge in [0.1, 0.15) is 30.4 Å². The molecule has 12 heteroatoms. The molecule has 3 N–H and O–H groups in total. The molecule has 2 heterocycles. The average Bonchev–Trinajstić information content (AvgIpc) is 3.58. The third kappa shape index (κ3) is 5.82. The predicted molar refractivity (Wildman–Crippen MR) is 137 cm³/mol. The fourth-order valence-corrected chi connectivity index (χ4v) is 3.39. The van der Waals surface area contributed by atoms with E-state index in [0.29, 0.717) is 12.4 Å². The molecular weight excluding hydrogens is 488 g/mol. The number of nitrogens with zero attached hydrogens (tertiary/aromatic N) is 6. The van der Waals surface area contributed by atoms with Crippen molar-refractivity contribution in [3.05, 3.63) is 107 Å². The molecule has 0 saturated heterocycles. The van der Waals surface area contributed by atoms with E-state index in [2.05, 4.69) is 35.8 Å². The molecule has 0 saturated carbocycles. The highest BCUT2D eigenvalue weighted by atomic mass is 16.6. The van der Waals surface area contributed by atoms with Crippen molar-refractivity contribution in [1.82, 2.24) is 30.7 Å². The van der Waals surface area contributed by atoms with Crippen LogP contribution in [0.4, 0.5) is 5.82 Å². The van der Waals surface area contributed by atoms with Crippen molar-refractivity contribution >= 4 is 17.9 Å². The molecule has 5 rings (SSSR count). The lowest BCUT2D eigenvalue weighted by atomic mass is 10.2. The molecule has 1 amide bonds. The zero-order valence-electron chi connectivity index (χ0n) is 20.0. The zero-order valence-corrected chi connectivity index (χ0v) is 20.0. The zero-order chi connectivity index (χ0) is 26.2. The smallest absolute Gasteiger partial charge is 0.293 e. The van der Waals surface area contributed by atoms with Gasteiger partial charge in [0.25, 0.3) is 5.91 Å². The molecule has 0 radical (unpaired) electrons. The van der Waals surface area contributed by atoms with Crippen LogP contribution in [0.1, 0.15) is 27.3 Å². The number of hydrogen-bond donors (Lipinski definition) is 2. The summed E-state index contributed by atoms with van der Waals surface area (Å²) in [6.45, 7) is 0.414. The Labute approximate surface area is 216 Å². The summed E-state index contributed by atoms with van der Waals surface area (Å²) in [6.07, 6.45) is 1.50. The van der Waals surface area contributed by atoms with Crippen molar-refractivity contribution in [3.8, 4) is 17.3 Å². The number of hydrazone groups is 1. The standard InChI is InChI=1S/C26H22N8O4/c27-24-25(32-38-31-24)34-22(17-37-20-9-5-2-6-10-20)23(29-33-34)26(35)30-28-15-18-11-13-21(14-12-18)36-16-19-7-3-1-4-8-19/h1-15H,16-17H2,(H2,27,31)(H,30,35). The Kier molecular flexibility index (Phi) is 7.30. The van der Waals surface area contributed by atoms with E-state index in [1.54, 1.807) is 12.1 Å². The Morgan fingerprint density at radius 2 is 1.61 bits per heavy atom. The van der Waals surface area contributed by atoms with Crippen molar-refractivity contribution in [2.24, 2.45) is 5.10 Å². The molecule has 190 valence electrons. The summed E-state index contributed by atoms with van der Waals surface area (Å²) in [5, 5.41) is 19.3. The maximum absolute atomic E-state index is 12.9. The minimum atomic E-state index is -0.600. The van der Waals surface area contributed by atoms with Gasteiger partial charge in [0, 0.05) is 0 Å². The number of rotatable bonds is 10. The number of hydrogen-bond acceptors (Lipinski definition) is 10. The van der Waals surface area contributed by atoms with Gasteiger partial charge in [-0.2, -0.15) is 9.78 Å². The van der Waals surface area contributed by atoms with Crippen LogP contribution in [0.25, 0.3) is 5.82 Å². The normalized spacial score (nSPS) is 10.9. The molecule has 2 aromatic heterocycles. The van der Waals surface area contributed by atoms with Crippen LogP contribution in [0.3, 0.4) is 0 Å². The third-order valence-corrected chi connectivity index (χ3v) is 5.30. The van der Waals surface area contributed by atoms with Gasteiger partial charge >= 0.3 is 0 Å². The lowest BCUT2D eigenvalue weighted by Crippen LogP contribution is -2.21. The summed E-state index contributed by atoms with van der Waals surface area (Å²) in [6, 6.07) is 26.3. The van der Waals surface area contributed by atoms with Gasteiger partial charge in [0.05, 0.1) is 6.21 Å². The first kappa shape index (κ1) is 24.2. The molecule has 0 bridgehead atoms. The van der Waals surface area contributed by atoms with E-state index in [1.807, 2.05) is 72.8 Å². The Hall–Kier alpha value is -5.52. The Morgan fingerprint density at radius 1 is 0.921 bits per heavy atom. The van der Waals surface area contributed by atoms with Gasteiger partial charge in [-0.05, 0) is 57.8 Å². The summed E-state index contributed by atoms with van der Waals surface area (Å²) in [5.74, 6) is 0.777. The Balaban J connectivity index is 1.25. The number of para-hydroxylation sites is 1. The maximum Gasteiger partial charge on any atom is 0.293 e. The van der Waals surface area contributed by atoms with Gasteiger partial charge in [-0.1, -0.05) is 53.7 Å². The molecule has 38 heavy (non-hydrogen) atoms. The molecule has 12 nitrogen and oxygen atoms in total. The van der Waals surface area contributed by atoms with Crippen LogP contribution in [0.15, 0.2) is 94.7 Å². The van der Waals surface area contributed by atoms with Crippen molar-refractivity contribution < 1.29 is 18.9 Å². The molecule has 3 aromatic carbocycles. The minimum absolute atomic E-state index is 0.0166. The quantitative estimate of drug-likeness (QED) is 0.213. The number of anilines is 1. The van der Waals surface area contributed by atoms with E-state index in [9.17, 15) is 4.79 Å². The fraction of sp³-hybridized carbons (Fsp3) is 0.0769. The molecule has 5 aromatic rings. The molecule has 0 atom stereocenters. The molecule has 0 unspecified atom stereocenters. The lowest BCUT2D eigenvalue weighted by Gasteiger charge is -2.08. The van der Waals surface area contributed by atoms with Crippen molar-refractivity contribution in [3.63, 3.8) is 0 Å². The van der Waals surface area contributed by atoms with Gasteiger partial charge in [-0.15, -0.1) is 5.10 Å². The molecule has 0 spiro atoms. The van der Waals surface area contributed by atoms with Gasteiger partial charge < -0.3 is 15.2 Å². The highest BCUT2D eigenvalue weighted by Crippen LogP contribution is 2.19. The third-order valence-electron chi connectivity index (χ3n) is 5.30. The summed E-state index contributed by atoms with van der Waals surface area (Å²) in [5.41, 5.74) is 10.4. The Morgan fingerprint density at radius 3 is 2.32 bits per heavy atom. The van der Waals surface area contributed by atoms with Gasteiger partial charge in [-0.25, -0.2) is 10.1 Å². The van der Waals surface area contributed by atoms with Gasteiger partial charge in [-0.3, -0.25) is 4.79 Å². The first-order valence-electron chi connectivity index (χ1n) is 11.5. The maximum atomic E-state index is 12.9. The van der Waals surface area contributed by atoms with Gasteiger partial charge in [0.15, 0.2) is 5.69 Å². The molecular formula is C26H22N8O4. The van der Waals surface area contributed by atoms with E-state index in [-0.39, 0.29) is 29.6 Å². The number of ether oxygens (including phenoxy) is 2. The van der Waals surface area contributed by atoms with Crippen LogP contribution >= 0.6 is 0 Å². The summed E-state index contributed by atoms with van der Waals surface area (Å²) < 4.78 is 17.5. The van der Waals surface area contributed by atoms with E-state index in [1.165, 1.54) is 10.9 Å². The van der Waals surface area contributed by atoms with Crippen LogP contribution in [-0.4, -0.2) is 37.4 Å². The largest absolute Gasteiger partial charge is 0.489 e. The van der Waals surface area contributed by atoms with Crippen molar-refractivity contribution in [2.75, 3.05) is 5.73 Å². The number of nitrogen functional groups attached to an aromatic ring is 1. The van der Waals surface area contributed by atoms with Crippen LogP contribution < -0.4 is 20.6 Å². The van der Waals surface area contributed by atoms with E-state index in [0.717, 1.165) is 16.9 Å². The number of nitrogens with two attached hydrogens (primary N) is 1. The number of amides is 1. The van der Waals surface area contributed by atoms with Crippen molar-refractivity contribution in [2.45, 2.75) is 13.2 Å². The van der Waals surface area contributed by atoms with Gasteiger partial charge in [0.2, 0.25) is 11.6 Å². The van der Waals surface area contributed by atoms with E-state index >= 15 is 0 Å². The number of aromatic nitrogens is 5. The summed E-state index contributed by atoms with van der Waals surface area (Å²) in [4.78, 5) is 12.9. The second-order valence-electron chi connectivity index (χ2n) is 7.91. The topological polar surface area (TPSA) is 156 Å². The fourth-order valence-electron chi connectivity index (χ4n) is 3.39. The Bertz CT molecular complexity index is 1520. The molecule has 0 aliphatic rings. The highest BCUT2D eigenvalue weighted by Gasteiger charge is 2.24. The van der Waals surface area contributed by atoms with E-state index < -0.39 is 5.91 Å². The molecule has 0 fully saturated rings. The average molecular weight is 511 g/mol. The number of carbonyl (C=O) groups excluding carboxylic acids is 1. The first-order valence-corrected chi connectivity index (χ1v) is 11.5. The van der Waals surface area contributed by atoms with Crippen LogP contribution in [-0.2, 0) is 13.2 Å². The summed E-state index contributed by atoms with van der Waals surface area (Å²) >= 11 is 0. The molecule has 0 aliphatic heterocycles. The second-order valence-corrected chi connectivity index (χ2v) is 7.91. The predicted octanol–water partition coefficient (Wildman–Crippen LogP) is 3.15. The number of benzene rings is 3. The minimum Gasteiger partial charge on any atom is -0.489 e. The van der Waals surface area contributed by atoms with Crippen LogP contribution in [0, 0.1) is 0 Å². The van der Waals surface area contributed by atoms with Crippen LogP contribution in [0.2, 0.25) is 0 Å². The van der Waals surface area contributed by atoms with E-state index in [4.69, 9.17) is 15.2 Å². The first-order chi connectivity index (χ1) is 18.7. The number of nitrogens with one attached hydrogen (secondary N) is 1.